The van der Waals surface area contributed by atoms with Crippen molar-refractivity contribution in [2.75, 3.05) is 7.11 Å². The molecule has 0 saturated carbocycles. The third kappa shape index (κ3) is 2.39. The van der Waals surface area contributed by atoms with E-state index in [2.05, 4.69) is 14.7 Å². The van der Waals surface area contributed by atoms with Crippen molar-refractivity contribution in [1.29, 1.82) is 0 Å². The minimum absolute atomic E-state index is 0.170. The number of imidazole rings is 1. The molecule has 2 rings (SSSR count). The average molecular weight is 218 g/mol. The molecule has 0 amide bonds. The number of para-hydroxylation sites is 2. The van der Waals surface area contributed by atoms with E-state index < -0.39 is 0 Å². The fourth-order valence-electron chi connectivity index (χ4n) is 1.63. The van der Waals surface area contributed by atoms with Gasteiger partial charge in [-0.25, -0.2) is 4.98 Å². The molecular weight excluding hydrogens is 204 g/mol. The van der Waals surface area contributed by atoms with Gasteiger partial charge in [0, 0.05) is 12.8 Å². The third-order valence-corrected chi connectivity index (χ3v) is 2.46. The smallest absolute Gasteiger partial charge is 0.305 e. The molecule has 0 aliphatic carbocycles. The van der Waals surface area contributed by atoms with Crippen molar-refractivity contribution in [1.82, 2.24) is 9.97 Å². The third-order valence-electron chi connectivity index (χ3n) is 2.46. The maximum Gasteiger partial charge on any atom is 0.305 e. The van der Waals surface area contributed by atoms with Crippen molar-refractivity contribution in [2.45, 2.75) is 19.3 Å². The molecule has 0 aliphatic heterocycles. The highest BCUT2D eigenvalue weighted by Gasteiger charge is 2.04. The van der Waals surface area contributed by atoms with Crippen LogP contribution in [0.5, 0.6) is 0 Å². The summed E-state index contributed by atoms with van der Waals surface area (Å²) in [6, 6.07) is 7.89. The van der Waals surface area contributed by atoms with Gasteiger partial charge in [-0.15, -0.1) is 0 Å². The quantitative estimate of drug-likeness (QED) is 0.799. The highest BCUT2D eigenvalue weighted by Crippen LogP contribution is 2.11. The Morgan fingerprint density at radius 3 is 3.00 bits per heavy atom. The maximum atomic E-state index is 10.9. The van der Waals surface area contributed by atoms with Gasteiger partial charge >= 0.3 is 5.97 Å². The van der Waals surface area contributed by atoms with Crippen LogP contribution in [0.3, 0.4) is 0 Å². The number of fused-ring (bicyclic) bond motifs is 1. The molecule has 4 nitrogen and oxygen atoms in total. The van der Waals surface area contributed by atoms with Gasteiger partial charge in [0.05, 0.1) is 18.1 Å². The zero-order chi connectivity index (χ0) is 11.4. The number of rotatable bonds is 4. The number of aromatic amines is 1. The average Bonchev–Trinajstić information content (AvgIpc) is 2.71. The Hall–Kier alpha value is -1.84. The van der Waals surface area contributed by atoms with Gasteiger partial charge in [-0.3, -0.25) is 4.79 Å². The van der Waals surface area contributed by atoms with Gasteiger partial charge in [0.15, 0.2) is 0 Å². The number of hydrogen-bond donors (Lipinski definition) is 1. The number of benzene rings is 1. The lowest BCUT2D eigenvalue weighted by atomic mass is 10.2. The van der Waals surface area contributed by atoms with Crippen molar-refractivity contribution in [3.63, 3.8) is 0 Å². The zero-order valence-electron chi connectivity index (χ0n) is 9.19. The van der Waals surface area contributed by atoms with Gasteiger partial charge in [0.2, 0.25) is 0 Å². The molecule has 1 heterocycles. The molecule has 0 unspecified atom stereocenters. The van der Waals surface area contributed by atoms with Crippen molar-refractivity contribution >= 4 is 17.0 Å². The summed E-state index contributed by atoms with van der Waals surface area (Å²) in [4.78, 5) is 18.6. The van der Waals surface area contributed by atoms with Crippen LogP contribution in [0.1, 0.15) is 18.7 Å². The molecule has 2 aromatic rings. The van der Waals surface area contributed by atoms with Crippen LogP contribution in [0.4, 0.5) is 0 Å². The monoisotopic (exact) mass is 218 g/mol. The second-order valence-electron chi connectivity index (χ2n) is 3.63. The van der Waals surface area contributed by atoms with Gasteiger partial charge in [0.1, 0.15) is 5.82 Å². The molecule has 16 heavy (non-hydrogen) atoms. The molecular formula is C12H14N2O2. The van der Waals surface area contributed by atoms with Crippen molar-refractivity contribution in [2.24, 2.45) is 0 Å². The van der Waals surface area contributed by atoms with Crippen LogP contribution >= 0.6 is 0 Å². The van der Waals surface area contributed by atoms with E-state index in [9.17, 15) is 4.79 Å². The number of aromatic nitrogens is 2. The number of aryl methyl sites for hydroxylation is 1. The fourth-order valence-corrected chi connectivity index (χ4v) is 1.63. The molecule has 84 valence electrons. The van der Waals surface area contributed by atoms with Crippen molar-refractivity contribution < 1.29 is 9.53 Å². The molecule has 0 saturated heterocycles. The second kappa shape index (κ2) is 4.79. The van der Waals surface area contributed by atoms with Crippen LogP contribution in [0.15, 0.2) is 24.3 Å². The van der Waals surface area contributed by atoms with Gasteiger partial charge in [0.25, 0.3) is 0 Å². The lowest BCUT2D eigenvalue weighted by Gasteiger charge is -1.96. The van der Waals surface area contributed by atoms with Gasteiger partial charge < -0.3 is 9.72 Å². The Kier molecular flexibility index (Phi) is 3.19. The second-order valence-corrected chi connectivity index (χ2v) is 3.63. The molecule has 0 spiro atoms. The first-order valence-electron chi connectivity index (χ1n) is 5.30. The summed E-state index contributed by atoms with van der Waals surface area (Å²) in [6.45, 7) is 0. The number of H-pyrrole nitrogens is 1. The summed E-state index contributed by atoms with van der Waals surface area (Å²) in [6.07, 6.45) is 1.96. The number of nitrogens with zero attached hydrogens (tertiary/aromatic N) is 1. The van der Waals surface area contributed by atoms with E-state index in [1.807, 2.05) is 24.3 Å². The molecule has 1 aromatic heterocycles. The molecule has 0 radical (unpaired) electrons. The van der Waals surface area contributed by atoms with E-state index in [4.69, 9.17) is 0 Å². The van der Waals surface area contributed by atoms with E-state index in [1.165, 1.54) is 7.11 Å². The molecule has 0 atom stereocenters. The summed E-state index contributed by atoms with van der Waals surface area (Å²) >= 11 is 0. The number of methoxy groups -OCH3 is 1. The largest absolute Gasteiger partial charge is 0.469 e. The molecule has 0 fully saturated rings. The molecule has 4 heteroatoms. The van der Waals surface area contributed by atoms with Crippen LogP contribution < -0.4 is 0 Å². The first-order chi connectivity index (χ1) is 7.79. The summed E-state index contributed by atoms with van der Waals surface area (Å²) in [5.41, 5.74) is 2.01. The number of hydrogen-bond acceptors (Lipinski definition) is 3. The topological polar surface area (TPSA) is 55.0 Å². The van der Waals surface area contributed by atoms with Crippen LogP contribution in [0.2, 0.25) is 0 Å². The fraction of sp³-hybridized carbons (Fsp3) is 0.333. The number of nitrogens with one attached hydrogen (secondary N) is 1. The first kappa shape index (κ1) is 10.7. The van der Waals surface area contributed by atoms with Crippen LogP contribution in [0, 0.1) is 0 Å². The summed E-state index contributed by atoms with van der Waals surface area (Å²) < 4.78 is 4.58. The van der Waals surface area contributed by atoms with E-state index in [1.54, 1.807) is 0 Å². The lowest BCUT2D eigenvalue weighted by molar-refractivity contribution is -0.140. The van der Waals surface area contributed by atoms with Crippen LogP contribution in [-0.4, -0.2) is 23.0 Å². The molecule has 1 aromatic carbocycles. The van der Waals surface area contributed by atoms with E-state index in [0.29, 0.717) is 6.42 Å². The Balaban J connectivity index is 1.97. The Morgan fingerprint density at radius 2 is 2.25 bits per heavy atom. The van der Waals surface area contributed by atoms with Crippen molar-refractivity contribution in [3.8, 4) is 0 Å². The summed E-state index contributed by atoms with van der Waals surface area (Å²) in [5.74, 6) is 0.751. The minimum atomic E-state index is -0.170. The SMILES string of the molecule is COC(=O)CCCc1nc2ccccc2[nH]1. The number of carbonyl (C=O) groups is 1. The molecule has 0 bridgehead atoms. The Morgan fingerprint density at radius 1 is 1.44 bits per heavy atom. The molecule has 0 aliphatic rings. The maximum absolute atomic E-state index is 10.9. The van der Waals surface area contributed by atoms with Crippen molar-refractivity contribution in [3.05, 3.63) is 30.1 Å². The zero-order valence-corrected chi connectivity index (χ0v) is 9.19. The van der Waals surface area contributed by atoms with Crippen LogP contribution in [0.25, 0.3) is 11.0 Å². The van der Waals surface area contributed by atoms with E-state index in [-0.39, 0.29) is 5.97 Å². The van der Waals surface area contributed by atoms with Gasteiger partial charge in [-0.1, -0.05) is 12.1 Å². The first-order valence-corrected chi connectivity index (χ1v) is 5.30. The number of ether oxygens (including phenoxy) is 1. The predicted molar refractivity (Wildman–Crippen MR) is 61.0 cm³/mol. The minimum Gasteiger partial charge on any atom is -0.469 e. The highest BCUT2D eigenvalue weighted by atomic mass is 16.5. The Labute approximate surface area is 93.6 Å². The van der Waals surface area contributed by atoms with Gasteiger partial charge in [-0.2, -0.15) is 0 Å². The lowest BCUT2D eigenvalue weighted by Crippen LogP contribution is -2.00. The summed E-state index contributed by atoms with van der Waals surface area (Å²) in [5, 5.41) is 0. The standard InChI is InChI=1S/C12H14N2O2/c1-16-12(15)8-4-7-11-13-9-5-2-3-6-10(9)14-11/h2-3,5-6H,4,7-8H2,1H3,(H,13,14). The number of esters is 1. The van der Waals surface area contributed by atoms with Crippen LogP contribution in [-0.2, 0) is 16.0 Å². The van der Waals surface area contributed by atoms with Gasteiger partial charge in [-0.05, 0) is 18.6 Å². The normalized spacial score (nSPS) is 10.6. The van der Waals surface area contributed by atoms with E-state index >= 15 is 0 Å². The predicted octanol–water partition coefficient (Wildman–Crippen LogP) is 2.06. The summed E-state index contributed by atoms with van der Waals surface area (Å²) in [7, 11) is 1.41. The number of carbonyl (C=O) groups excluding carboxylic acids is 1. The highest BCUT2D eigenvalue weighted by molar-refractivity contribution is 5.74. The molecule has 1 N–H and O–H groups in total. The Bertz CT molecular complexity index is 457. The van der Waals surface area contributed by atoms with E-state index in [0.717, 1.165) is 29.7 Å².